The minimum absolute atomic E-state index is 0.00414. The number of fused-ring (bicyclic) bond motifs is 1. The number of nitrogens with one attached hydrogen (secondary N) is 1. The number of aromatic nitrogens is 2. The van der Waals surface area contributed by atoms with Crippen LogP contribution < -0.4 is 10.9 Å². The van der Waals surface area contributed by atoms with E-state index in [1.54, 1.807) is 47.0 Å². The quantitative estimate of drug-likeness (QED) is 0.0878. The van der Waals surface area contributed by atoms with E-state index in [-0.39, 0.29) is 17.2 Å². The molecule has 0 atom stereocenters. The van der Waals surface area contributed by atoms with Crippen LogP contribution in [0.1, 0.15) is 27.0 Å². The van der Waals surface area contributed by atoms with Crippen LogP contribution in [0.2, 0.25) is 5.02 Å². The Labute approximate surface area is 245 Å². The predicted molar refractivity (Wildman–Crippen MR) is 161 cm³/mol. The predicted octanol–water partition coefficient (Wildman–Crippen LogP) is 6.42. The number of amides is 1. The van der Waals surface area contributed by atoms with Crippen LogP contribution in [0.15, 0.2) is 107 Å². The highest BCUT2D eigenvalue weighted by Crippen LogP contribution is 2.25. The second-order valence-electron chi connectivity index (χ2n) is 9.35. The van der Waals surface area contributed by atoms with Crippen molar-refractivity contribution < 1.29 is 9.72 Å². The van der Waals surface area contributed by atoms with Crippen LogP contribution in [0.5, 0.6) is 0 Å². The zero-order valence-corrected chi connectivity index (χ0v) is 23.4. The van der Waals surface area contributed by atoms with Gasteiger partial charge in [0.25, 0.3) is 17.2 Å². The molecule has 4 aromatic carbocycles. The number of carbonyl (C=O) groups is 1. The number of halogens is 1. The maximum atomic E-state index is 13.7. The Morgan fingerprint density at radius 2 is 1.68 bits per heavy atom. The molecule has 0 aliphatic heterocycles. The number of thioether (sulfide) groups is 1. The summed E-state index contributed by atoms with van der Waals surface area (Å²) < 4.78 is 1.64. The SMILES string of the molecule is O=C(NCc1cccc(Cl)c1)c1ccc2c(=O)n(CCc3ccccc3)c(SCc3cccc([N+](=O)[O-])c3)nc2c1. The van der Waals surface area contributed by atoms with Gasteiger partial charge < -0.3 is 5.32 Å². The molecule has 0 aliphatic rings. The Morgan fingerprint density at radius 3 is 2.46 bits per heavy atom. The minimum Gasteiger partial charge on any atom is -0.348 e. The normalized spacial score (nSPS) is 11.0. The molecule has 0 unspecified atom stereocenters. The second-order valence-corrected chi connectivity index (χ2v) is 10.7. The molecule has 5 rings (SSSR count). The monoisotopic (exact) mass is 584 g/mol. The molecule has 1 heterocycles. The lowest BCUT2D eigenvalue weighted by molar-refractivity contribution is -0.384. The van der Waals surface area contributed by atoms with Crippen molar-refractivity contribution in [2.45, 2.75) is 30.4 Å². The van der Waals surface area contributed by atoms with Crippen molar-refractivity contribution in [1.82, 2.24) is 14.9 Å². The maximum Gasteiger partial charge on any atom is 0.269 e. The van der Waals surface area contributed by atoms with Crippen molar-refractivity contribution in [2.24, 2.45) is 0 Å². The lowest BCUT2D eigenvalue weighted by Gasteiger charge is -2.14. The Balaban J connectivity index is 1.44. The van der Waals surface area contributed by atoms with Gasteiger partial charge in [-0.05, 0) is 53.4 Å². The molecule has 206 valence electrons. The molecule has 1 N–H and O–H groups in total. The molecular weight excluding hydrogens is 560 g/mol. The Morgan fingerprint density at radius 1 is 0.927 bits per heavy atom. The van der Waals surface area contributed by atoms with Crippen LogP contribution in [0.4, 0.5) is 5.69 Å². The first-order chi connectivity index (χ1) is 19.9. The van der Waals surface area contributed by atoms with E-state index in [1.165, 1.54) is 23.9 Å². The van der Waals surface area contributed by atoms with Gasteiger partial charge in [-0.3, -0.25) is 24.3 Å². The summed E-state index contributed by atoms with van der Waals surface area (Å²) in [5, 5.41) is 15.6. The number of hydrogen-bond donors (Lipinski definition) is 1. The number of hydrogen-bond acceptors (Lipinski definition) is 6. The van der Waals surface area contributed by atoms with Gasteiger partial charge >= 0.3 is 0 Å². The van der Waals surface area contributed by atoms with Gasteiger partial charge in [0, 0.05) is 41.6 Å². The first-order valence-electron chi connectivity index (χ1n) is 12.8. The van der Waals surface area contributed by atoms with Gasteiger partial charge in [0.1, 0.15) is 0 Å². The van der Waals surface area contributed by atoms with Crippen LogP contribution in [0, 0.1) is 10.1 Å². The van der Waals surface area contributed by atoms with Crippen LogP contribution in [-0.2, 0) is 25.3 Å². The summed E-state index contributed by atoms with van der Waals surface area (Å²) in [6.07, 6.45) is 0.627. The summed E-state index contributed by atoms with van der Waals surface area (Å²) in [6.45, 7) is 0.710. The van der Waals surface area contributed by atoms with Gasteiger partial charge in [0.05, 0.1) is 15.8 Å². The first kappa shape index (κ1) is 28.1. The van der Waals surface area contributed by atoms with Gasteiger partial charge in [-0.2, -0.15) is 0 Å². The van der Waals surface area contributed by atoms with Crippen LogP contribution in [-0.4, -0.2) is 20.4 Å². The third kappa shape index (κ3) is 7.00. The molecule has 1 amide bonds. The third-order valence-corrected chi connectivity index (χ3v) is 7.76. The molecular formula is C31H25ClN4O4S. The number of nitrogens with zero attached hydrogens (tertiary/aromatic N) is 3. The largest absolute Gasteiger partial charge is 0.348 e. The van der Waals surface area contributed by atoms with Gasteiger partial charge in [-0.15, -0.1) is 0 Å². The van der Waals surface area contributed by atoms with Crippen LogP contribution >= 0.6 is 23.4 Å². The molecule has 8 nitrogen and oxygen atoms in total. The summed E-state index contributed by atoms with van der Waals surface area (Å²) in [7, 11) is 0. The molecule has 0 aliphatic carbocycles. The number of benzene rings is 4. The van der Waals surface area contributed by atoms with Crippen molar-refractivity contribution in [2.75, 3.05) is 0 Å². The molecule has 0 saturated heterocycles. The number of non-ortho nitro benzene ring substituents is 1. The third-order valence-electron chi connectivity index (χ3n) is 6.48. The van der Waals surface area contributed by atoms with Crippen LogP contribution in [0.25, 0.3) is 10.9 Å². The van der Waals surface area contributed by atoms with Crippen molar-refractivity contribution in [3.05, 3.63) is 145 Å². The van der Waals surface area contributed by atoms with Gasteiger partial charge in [-0.25, -0.2) is 4.98 Å². The fourth-order valence-corrected chi connectivity index (χ4v) is 5.56. The average Bonchev–Trinajstić information content (AvgIpc) is 2.99. The zero-order valence-electron chi connectivity index (χ0n) is 21.8. The number of nitro groups is 1. The van der Waals surface area contributed by atoms with Gasteiger partial charge in [0.15, 0.2) is 5.16 Å². The highest BCUT2D eigenvalue weighted by atomic mass is 35.5. The lowest BCUT2D eigenvalue weighted by atomic mass is 10.1. The van der Waals surface area contributed by atoms with E-state index in [2.05, 4.69) is 5.32 Å². The van der Waals surface area contributed by atoms with Gasteiger partial charge in [-0.1, -0.05) is 78.0 Å². The summed E-state index contributed by atoms with van der Waals surface area (Å²) >= 11 is 7.37. The molecule has 0 bridgehead atoms. The number of aryl methyl sites for hydroxylation is 1. The standard InChI is InChI=1S/C31H25ClN4O4S/c32-25-10-4-8-22(16-25)19-33-29(37)24-12-13-27-28(18-24)34-31(41-20-23-9-5-11-26(17-23)36(39)40)35(30(27)38)15-14-21-6-2-1-3-7-21/h1-13,16-18H,14-15,19-20H2,(H,33,37). The first-order valence-corrected chi connectivity index (χ1v) is 14.2. The van der Waals surface area contributed by atoms with Crippen LogP contribution in [0.3, 0.4) is 0 Å². The van der Waals surface area contributed by atoms with Crippen molar-refractivity contribution in [3.8, 4) is 0 Å². The second kappa shape index (κ2) is 12.8. The lowest BCUT2D eigenvalue weighted by Crippen LogP contribution is -2.25. The summed E-state index contributed by atoms with van der Waals surface area (Å²) in [5.41, 5.74) is 3.27. The minimum atomic E-state index is -0.433. The molecule has 0 saturated carbocycles. The molecule has 10 heteroatoms. The summed E-state index contributed by atoms with van der Waals surface area (Å²) in [5.74, 6) is 0.0813. The molecule has 41 heavy (non-hydrogen) atoms. The van der Waals surface area contributed by atoms with E-state index in [0.717, 1.165) is 16.7 Å². The highest BCUT2D eigenvalue weighted by Gasteiger charge is 2.15. The topological polar surface area (TPSA) is 107 Å². The Bertz CT molecular complexity index is 1790. The number of carbonyl (C=O) groups excluding carboxylic acids is 1. The highest BCUT2D eigenvalue weighted by molar-refractivity contribution is 7.98. The smallest absolute Gasteiger partial charge is 0.269 e. The van der Waals surface area contributed by atoms with E-state index in [0.29, 0.717) is 51.9 Å². The summed E-state index contributed by atoms with van der Waals surface area (Å²) in [4.78, 5) is 42.2. The fourth-order valence-electron chi connectivity index (χ4n) is 4.37. The van der Waals surface area contributed by atoms with E-state index in [9.17, 15) is 19.7 Å². The van der Waals surface area contributed by atoms with E-state index in [4.69, 9.17) is 16.6 Å². The number of nitro benzene ring substituents is 1. The maximum absolute atomic E-state index is 13.7. The summed E-state index contributed by atoms with van der Waals surface area (Å²) in [6, 6.07) is 28.4. The van der Waals surface area contributed by atoms with Crippen molar-refractivity contribution in [1.29, 1.82) is 0 Å². The molecule has 1 aromatic heterocycles. The number of rotatable bonds is 10. The Hall–Kier alpha value is -4.47. The molecule has 0 radical (unpaired) electrons. The molecule has 0 fully saturated rings. The van der Waals surface area contributed by atoms with Crippen molar-refractivity contribution >= 4 is 45.9 Å². The molecule has 0 spiro atoms. The van der Waals surface area contributed by atoms with E-state index in [1.807, 2.05) is 42.5 Å². The zero-order chi connectivity index (χ0) is 28.8. The van der Waals surface area contributed by atoms with Crippen molar-refractivity contribution in [3.63, 3.8) is 0 Å². The van der Waals surface area contributed by atoms with E-state index < -0.39 is 4.92 Å². The fraction of sp³-hybridized carbons (Fsp3) is 0.129. The average molecular weight is 585 g/mol. The van der Waals surface area contributed by atoms with E-state index >= 15 is 0 Å². The molecule has 5 aromatic rings. The van der Waals surface area contributed by atoms with Gasteiger partial charge in [0.2, 0.25) is 0 Å². The Kier molecular flexibility index (Phi) is 8.76.